The molecule has 9 heteroatoms. The molecule has 0 saturated heterocycles. The van der Waals surface area contributed by atoms with Crippen LogP contribution in [-0.4, -0.2) is 16.5 Å². The van der Waals surface area contributed by atoms with E-state index in [9.17, 15) is 22.0 Å². The standard InChI is InChI=1S/C8H5F5INO2/c9-6(10)5-3(2-16)7(15-1-4(5)14)17-8(11,12)13/h1,6,16H,2H2. The maximum atomic E-state index is 12.6. The summed E-state index contributed by atoms with van der Waals surface area (Å²) in [5, 5.41) is 8.85. The van der Waals surface area contributed by atoms with E-state index in [1.54, 1.807) is 0 Å². The minimum atomic E-state index is -5.05. The maximum Gasteiger partial charge on any atom is 0.574 e. The molecule has 0 aliphatic rings. The summed E-state index contributed by atoms with van der Waals surface area (Å²) in [7, 11) is 0. The van der Waals surface area contributed by atoms with Crippen molar-refractivity contribution < 1.29 is 31.8 Å². The summed E-state index contributed by atoms with van der Waals surface area (Å²) in [6.45, 7) is -1.02. The monoisotopic (exact) mass is 369 g/mol. The van der Waals surface area contributed by atoms with Gasteiger partial charge in [0.25, 0.3) is 6.43 Å². The van der Waals surface area contributed by atoms with E-state index in [0.717, 1.165) is 6.20 Å². The van der Waals surface area contributed by atoms with Crippen LogP contribution in [0.5, 0.6) is 5.88 Å². The highest BCUT2D eigenvalue weighted by Crippen LogP contribution is 2.34. The molecule has 96 valence electrons. The largest absolute Gasteiger partial charge is 0.574 e. The summed E-state index contributed by atoms with van der Waals surface area (Å²) < 4.78 is 64.5. The number of hydrogen-bond acceptors (Lipinski definition) is 3. The molecular formula is C8H5F5INO2. The van der Waals surface area contributed by atoms with Crippen molar-refractivity contribution in [1.29, 1.82) is 0 Å². The van der Waals surface area contributed by atoms with Gasteiger partial charge in [-0.3, -0.25) is 0 Å². The van der Waals surface area contributed by atoms with Crippen LogP contribution in [0.3, 0.4) is 0 Å². The lowest BCUT2D eigenvalue weighted by atomic mass is 10.1. The van der Waals surface area contributed by atoms with Crippen molar-refractivity contribution in [3.63, 3.8) is 0 Å². The molecule has 1 rings (SSSR count). The molecule has 0 fully saturated rings. The van der Waals surface area contributed by atoms with Crippen molar-refractivity contribution in [2.75, 3.05) is 0 Å². The Labute approximate surface area is 106 Å². The van der Waals surface area contributed by atoms with Crippen molar-refractivity contribution in [3.8, 4) is 5.88 Å². The van der Waals surface area contributed by atoms with Crippen LogP contribution in [0.25, 0.3) is 0 Å². The van der Waals surface area contributed by atoms with Gasteiger partial charge in [0.2, 0.25) is 5.88 Å². The molecule has 0 aliphatic heterocycles. The molecule has 3 nitrogen and oxygen atoms in total. The lowest BCUT2D eigenvalue weighted by Crippen LogP contribution is -2.20. The van der Waals surface area contributed by atoms with Gasteiger partial charge in [-0.1, -0.05) is 0 Å². The quantitative estimate of drug-likeness (QED) is 0.658. The average molecular weight is 369 g/mol. The van der Waals surface area contributed by atoms with Gasteiger partial charge in [-0.25, -0.2) is 13.8 Å². The zero-order valence-electron chi connectivity index (χ0n) is 7.93. The van der Waals surface area contributed by atoms with Crippen LogP contribution in [0.2, 0.25) is 0 Å². The van der Waals surface area contributed by atoms with Crippen molar-refractivity contribution in [1.82, 2.24) is 4.98 Å². The Bertz CT molecular complexity index is 410. The second-order valence-electron chi connectivity index (χ2n) is 2.81. The number of hydrogen-bond donors (Lipinski definition) is 1. The summed E-state index contributed by atoms with van der Waals surface area (Å²) >= 11 is 1.49. The molecule has 1 N–H and O–H groups in total. The molecule has 1 aromatic rings. The summed E-state index contributed by atoms with van der Waals surface area (Å²) in [4.78, 5) is 3.23. The summed E-state index contributed by atoms with van der Waals surface area (Å²) in [5.74, 6) is -1.06. The van der Waals surface area contributed by atoms with Gasteiger partial charge >= 0.3 is 6.36 Å². The minimum Gasteiger partial charge on any atom is -0.391 e. The van der Waals surface area contributed by atoms with Crippen LogP contribution < -0.4 is 4.74 Å². The third-order valence-electron chi connectivity index (χ3n) is 1.72. The zero-order chi connectivity index (χ0) is 13.2. The highest BCUT2D eigenvalue weighted by molar-refractivity contribution is 14.1. The minimum absolute atomic E-state index is 0.0452. The first-order valence-corrected chi connectivity index (χ1v) is 5.16. The predicted octanol–water partition coefficient (Wildman–Crippen LogP) is 3.01. The fourth-order valence-corrected chi connectivity index (χ4v) is 1.81. The number of aromatic nitrogens is 1. The molecule has 0 atom stereocenters. The maximum absolute atomic E-state index is 12.6. The lowest BCUT2D eigenvalue weighted by Gasteiger charge is -2.15. The number of aliphatic hydroxyl groups is 1. The highest BCUT2D eigenvalue weighted by Gasteiger charge is 2.34. The van der Waals surface area contributed by atoms with Crippen molar-refractivity contribution in [2.45, 2.75) is 19.4 Å². The molecule has 1 aromatic heterocycles. The van der Waals surface area contributed by atoms with Gasteiger partial charge in [-0.05, 0) is 22.6 Å². The van der Waals surface area contributed by atoms with Crippen LogP contribution >= 0.6 is 22.6 Å². The lowest BCUT2D eigenvalue weighted by molar-refractivity contribution is -0.276. The summed E-state index contributed by atoms with van der Waals surface area (Å²) in [6.07, 6.45) is -7.26. The fourth-order valence-electron chi connectivity index (χ4n) is 1.11. The van der Waals surface area contributed by atoms with E-state index in [1.165, 1.54) is 22.6 Å². The second-order valence-corrected chi connectivity index (χ2v) is 3.97. The van der Waals surface area contributed by atoms with Crippen molar-refractivity contribution in [3.05, 3.63) is 20.9 Å². The number of pyridine rings is 1. The van der Waals surface area contributed by atoms with E-state index in [1.807, 2.05) is 0 Å². The van der Waals surface area contributed by atoms with Gasteiger partial charge in [0.1, 0.15) is 0 Å². The molecule has 17 heavy (non-hydrogen) atoms. The van der Waals surface area contributed by atoms with E-state index in [4.69, 9.17) is 5.11 Å². The van der Waals surface area contributed by atoms with Gasteiger partial charge < -0.3 is 9.84 Å². The van der Waals surface area contributed by atoms with Crippen LogP contribution in [0.15, 0.2) is 6.20 Å². The fraction of sp³-hybridized carbons (Fsp3) is 0.375. The number of ether oxygens (including phenoxy) is 1. The van der Waals surface area contributed by atoms with Gasteiger partial charge in [-0.15, -0.1) is 13.2 Å². The highest BCUT2D eigenvalue weighted by atomic mass is 127. The first-order chi connectivity index (χ1) is 7.76. The molecule has 0 radical (unpaired) electrons. The van der Waals surface area contributed by atoms with Crippen molar-refractivity contribution >= 4 is 22.6 Å². The number of rotatable bonds is 3. The third kappa shape index (κ3) is 3.63. The smallest absolute Gasteiger partial charge is 0.391 e. The molecule has 0 aromatic carbocycles. The average Bonchev–Trinajstić information content (AvgIpc) is 2.17. The summed E-state index contributed by atoms with van der Waals surface area (Å²) in [5.41, 5.74) is -1.37. The first kappa shape index (κ1) is 14.4. The first-order valence-electron chi connectivity index (χ1n) is 4.08. The van der Waals surface area contributed by atoms with Crippen LogP contribution in [0.1, 0.15) is 17.6 Å². The summed E-state index contributed by atoms with van der Waals surface area (Å²) in [6, 6.07) is 0. The molecule has 0 aliphatic carbocycles. The Morgan fingerprint density at radius 3 is 2.41 bits per heavy atom. The molecule has 0 unspecified atom stereocenters. The van der Waals surface area contributed by atoms with Crippen LogP contribution in [-0.2, 0) is 6.61 Å². The number of alkyl halides is 5. The molecular weight excluding hydrogens is 364 g/mol. The molecule has 0 amide bonds. The van der Waals surface area contributed by atoms with E-state index in [0.29, 0.717) is 0 Å². The zero-order valence-corrected chi connectivity index (χ0v) is 10.1. The van der Waals surface area contributed by atoms with Gasteiger partial charge in [0, 0.05) is 20.9 Å². The van der Waals surface area contributed by atoms with Crippen LogP contribution in [0.4, 0.5) is 22.0 Å². The third-order valence-corrected chi connectivity index (χ3v) is 2.58. The van der Waals surface area contributed by atoms with Gasteiger partial charge in [0.15, 0.2) is 0 Å². The SMILES string of the molecule is OCc1c(OC(F)(F)F)ncc(I)c1C(F)F. The molecule has 0 saturated carbocycles. The Morgan fingerprint density at radius 1 is 1.41 bits per heavy atom. The van der Waals surface area contributed by atoms with Crippen molar-refractivity contribution in [2.24, 2.45) is 0 Å². The number of nitrogens with zero attached hydrogens (tertiary/aromatic N) is 1. The molecule has 0 bridgehead atoms. The molecule has 0 spiro atoms. The number of aliphatic hydroxyl groups excluding tert-OH is 1. The van der Waals surface area contributed by atoms with E-state index in [2.05, 4.69) is 9.72 Å². The molecule has 1 heterocycles. The predicted molar refractivity (Wildman–Crippen MR) is 54.5 cm³/mol. The normalized spacial score (nSPS) is 12.0. The second kappa shape index (κ2) is 5.29. The van der Waals surface area contributed by atoms with E-state index < -0.39 is 36.4 Å². The van der Waals surface area contributed by atoms with E-state index in [-0.39, 0.29) is 3.57 Å². The number of halogens is 6. The Balaban J connectivity index is 3.28. The van der Waals surface area contributed by atoms with E-state index >= 15 is 0 Å². The topological polar surface area (TPSA) is 42.4 Å². The van der Waals surface area contributed by atoms with Crippen LogP contribution in [0, 0.1) is 3.57 Å². The Kier molecular flexibility index (Phi) is 4.47. The van der Waals surface area contributed by atoms with Gasteiger partial charge in [-0.2, -0.15) is 0 Å². The Morgan fingerprint density at radius 2 is 2.00 bits per heavy atom. The van der Waals surface area contributed by atoms with Gasteiger partial charge in [0.05, 0.1) is 6.61 Å². The Hall–Kier alpha value is -0.710.